The van der Waals surface area contributed by atoms with Crippen LogP contribution in [0.3, 0.4) is 0 Å². The highest BCUT2D eigenvalue weighted by Crippen LogP contribution is 2.24. The maximum absolute atomic E-state index is 12.8. The number of aliphatic hydroxyl groups excluding tert-OH is 3. The first kappa shape index (κ1) is 57.4. The molecule has 2 unspecified atom stereocenters. The molecule has 358 valence electrons. The van der Waals surface area contributed by atoms with Crippen molar-refractivity contribution < 1.29 is 56.8 Å². The normalized spacial score (nSPS) is 20.4. The number of ether oxygens (including phenoxy) is 4. The van der Waals surface area contributed by atoms with Gasteiger partial charge in [-0.05, 0) is 83.5 Å². The number of unbranched alkanes of at least 4 members (excludes halogenated alkanes) is 17. The molecule has 1 fully saturated rings. The number of allylic oxidation sites excluding steroid dienone is 10. The van der Waals surface area contributed by atoms with E-state index in [1.807, 2.05) is 0 Å². The highest BCUT2D eigenvalue weighted by atomic mass is 32.2. The number of hydrogen-bond donors (Lipinski definition) is 4. The molecule has 0 amide bonds. The van der Waals surface area contributed by atoms with Crippen molar-refractivity contribution in [1.29, 1.82) is 0 Å². The third kappa shape index (κ3) is 32.9. The molecule has 0 spiro atoms. The second-order valence-electron chi connectivity index (χ2n) is 16.4. The van der Waals surface area contributed by atoms with Crippen molar-refractivity contribution in [1.82, 2.24) is 0 Å². The van der Waals surface area contributed by atoms with Crippen molar-refractivity contribution >= 4 is 22.1 Å². The predicted molar refractivity (Wildman–Crippen MR) is 247 cm³/mol. The number of rotatable bonds is 39. The van der Waals surface area contributed by atoms with Crippen molar-refractivity contribution in [2.45, 2.75) is 218 Å². The standard InChI is InChI=1S/C49H84O12S/c1-3-5-7-9-11-13-15-17-19-20-21-22-24-26-28-30-32-34-36-38-45(51)60-42(40-59-49-48(54)47(53)46(52)43(61-49)41-62(55,56)57)39-58-44(50)37-35-33-31-29-27-25-23-18-16-14-12-10-8-6-4-2/h11,13,17,19,21-22,25-28,42-43,46-49,52-54H,3-10,12,14-16,18,20,23-24,29-41H2,1-2H3,(H,55,56,57)/b13-11+,19-17+,22-21+,27-25+,28-26+/t42-,43-,46-,47?,48?,49+/m1/s1. The lowest BCUT2D eigenvalue weighted by molar-refractivity contribution is -0.297. The van der Waals surface area contributed by atoms with Gasteiger partial charge < -0.3 is 34.3 Å². The Morgan fingerprint density at radius 2 is 0.968 bits per heavy atom. The Balaban J connectivity index is 2.47. The van der Waals surface area contributed by atoms with E-state index in [0.29, 0.717) is 12.8 Å². The van der Waals surface area contributed by atoms with Crippen LogP contribution in [0.4, 0.5) is 0 Å². The van der Waals surface area contributed by atoms with Gasteiger partial charge in [0.1, 0.15) is 36.8 Å². The van der Waals surface area contributed by atoms with E-state index < -0.39 is 71.2 Å². The second kappa shape index (κ2) is 38.8. The summed E-state index contributed by atoms with van der Waals surface area (Å²) in [4.78, 5) is 25.4. The van der Waals surface area contributed by atoms with Gasteiger partial charge in [0.15, 0.2) is 12.4 Å². The molecule has 0 aromatic heterocycles. The van der Waals surface area contributed by atoms with Crippen LogP contribution in [0.5, 0.6) is 0 Å². The highest BCUT2D eigenvalue weighted by Gasteiger charge is 2.46. The smallest absolute Gasteiger partial charge is 0.306 e. The highest BCUT2D eigenvalue weighted by molar-refractivity contribution is 7.85. The molecule has 12 nitrogen and oxygen atoms in total. The molecule has 4 N–H and O–H groups in total. The second-order valence-corrected chi connectivity index (χ2v) is 17.9. The van der Waals surface area contributed by atoms with E-state index >= 15 is 0 Å². The molecule has 13 heteroatoms. The molecule has 0 aliphatic carbocycles. The Labute approximate surface area is 375 Å². The third-order valence-electron chi connectivity index (χ3n) is 10.6. The minimum absolute atomic E-state index is 0.122. The van der Waals surface area contributed by atoms with Gasteiger partial charge in [-0.2, -0.15) is 8.42 Å². The van der Waals surface area contributed by atoms with Crippen LogP contribution < -0.4 is 0 Å². The van der Waals surface area contributed by atoms with E-state index in [-0.39, 0.29) is 19.4 Å². The van der Waals surface area contributed by atoms with E-state index in [2.05, 4.69) is 74.6 Å². The molecular formula is C49H84O12S. The number of esters is 2. The van der Waals surface area contributed by atoms with Gasteiger partial charge in [-0.3, -0.25) is 14.1 Å². The van der Waals surface area contributed by atoms with E-state index in [9.17, 15) is 37.9 Å². The molecule has 0 bridgehead atoms. The summed E-state index contributed by atoms with van der Waals surface area (Å²) in [6, 6.07) is 0. The van der Waals surface area contributed by atoms with E-state index in [1.165, 1.54) is 70.6 Å². The van der Waals surface area contributed by atoms with Gasteiger partial charge in [0.25, 0.3) is 10.1 Å². The lowest BCUT2D eigenvalue weighted by Gasteiger charge is -2.40. The van der Waals surface area contributed by atoms with Gasteiger partial charge in [-0.1, -0.05) is 145 Å². The first-order valence-corrected chi connectivity index (χ1v) is 25.5. The predicted octanol–water partition coefficient (Wildman–Crippen LogP) is 10.1. The quantitative estimate of drug-likeness (QED) is 0.0198. The molecule has 0 saturated carbocycles. The fourth-order valence-corrected chi connectivity index (χ4v) is 7.52. The van der Waals surface area contributed by atoms with Gasteiger partial charge >= 0.3 is 11.9 Å². The molecule has 1 aliphatic rings. The number of hydrogen-bond acceptors (Lipinski definition) is 11. The van der Waals surface area contributed by atoms with Crippen molar-refractivity contribution in [3.63, 3.8) is 0 Å². The SMILES string of the molecule is CCCCC/C=C/C/C=C/C/C=C/C/C=C/CCCCCC(=O)O[C@H](COC(=O)CCCCC/C=C/CCCCCCCCCC)CO[C@H]1O[C@H](CS(=O)(=O)O)[C@@H](O)C(O)C1O. The molecule has 0 radical (unpaired) electrons. The van der Waals surface area contributed by atoms with Crippen molar-refractivity contribution in [2.24, 2.45) is 0 Å². The molecule has 1 heterocycles. The van der Waals surface area contributed by atoms with E-state index in [1.54, 1.807) is 0 Å². The Hall–Kier alpha value is -2.65. The molecule has 62 heavy (non-hydrogen) atoms. The summed E-state index contributed by atoms with van der Waals surface area (Å²) < 4.78 is 54.1. The summed E-state index contributed by atoms with van der Waals surface area (Å²) in [5.74, 6) is -2.05. The van der Waals surface area contributed by atoms with E-state index in [4.69, 9.17) is 18.9 Å². The first-order valence-electron chi connectivity index (χ1n) is 23.8. The minimum Gasteiger partial charge on any atom is -0.462 e. The van der Waals surface area contributed by atoms with Crippen molar-refractivity contribution in [3.05, 3.63) is 60.8 Å². The van der Waals surface area contributed by atoms with Crippen LogP contribution in [0.2, 0.25) is 0 Å². The molecule has 6 atom stereocenters. The largest absolute Gasteiger partial charge is 0.462 e. The van der Waals surface area contributed by atoms with Crippen LogP contribution in [-0.4, -0.2) is 96.0 Å². The average molecular weight is 897 g/mol. The van der Waals surface area contributed by atoms with Crippen molar-refractivity contribution in [2.75, 3.05) is 19.0 Å². The summed E-state index contributed by atoms with van der Waals surface area (Å²) >= 11 is 0. The monoisotopic (exact) mass is 897 g/mol. The molecule has 1 rings (SSSR count). The molecule has 0 aromatic rings. The maximum Gasteiger partial charge on any atom is 0.306 e. The number of carbonyl (C=O) groups is 2. The zero-order chi connectivity index (χ0) is 45.5. The van der Waals surface area contributed by atoms with Gasteiger partial charge in [-0.15, -0.1) is 0 Å². The topological polar surface area (TPSA) is 186 Å². The van der Waals surface area contributed by atoms with Crippen LogP contribution in [-0.2, 0) is 38.7 Å². The zero-order valence-corrected chi connectivity index (χ0v) is 39.0. The van der Waals surface area contributed by atoms with Gasteiger partial charge in [0.05, 0.1) is 6.61 Å². The summed E-state index contributed by atoms with van der Waals surface area (Å²) in [6.07, 6.45) is 38.3. The maximum atomic E-state index is 12.8. The lowest BCUT2D eigenvalue weighted by Crippen LogP contribution is -2.60. The van der Waals surface area contributed by atoms with Crippen LogP contribution in [0.1, 0.15) is 181 Å². The minimum atomic E-state index is -4.61. The fourth-order valence-electron chi connectivity index (χ4n) is 6.83. The van der Waals surface area contributed by atoms with Gasteiger partial charge in [0.2, 0.25) is 0 Å². The van der Waals surface area contributed by atoms with Crippen LogP contribution in [0.25, 0.3) is 0 Å². The van der Waals surface area contributed by atoms with Gasteiger partial charge in [0, 0.05) is 12.8 Å². The Morgan fingerprint density at radius 1 is 0.548 bits per heavy atom. The summed E-state index contributed by atoms with van der Waals surface area (Å²) in [5.41, 5.74) is 0. The van der Waals surface area contributed by atoms with E-state index in [0.717, 1.165) is 70.6 Å². The summed E-state index contributed by atoms with van der Waals surface area (Å²) in [7, 11) is -4.61. The lowest BCUT2D eigenvalue weighted by atomic mass is 10.00. The van der Waals surface area contributed by atoms with Gasteiger partial charge in [-0.25, -0.2) is 0 Å². The molecule has 1 aliphatic heterocycles. The zero-order valence-electron chi connectivity index (χ0n) is 38.2. The number of carbonyl (C=O) groups excluding carboxylic acids is 2. The average Bonchev–Trinajstić information content (AvgIpc) is 3.24. The Morgan fingerprint density at radius 3 is 1.48 bits per heavy atom. The van der Waals surface area contributed by atoms with Crippen LogP contribution >= 0.6 is 0 Å². The van der Waals surface area contributed by atoms with Crippen LogP contribution in [0, 0.1) is 0 Å². The molecule has 0 aromatic carbocycles. The summed E-state index contributed by atoms with van der Waals surface area (Å²) in [5, 5.41) is 30.9. The fraction of sp³-hybridized carbons (Fsp3) is 0.755. The molecular weight excluding hydrogens is 813 g/mol. The van der Waals surface area contributed by atoms with Crippen LogP contribution in [0.15, 0.2) is 60.8 Å². The molecule has 1 saturated heterocycles. The summed E-state index contributed by atoms with van der Waals surface area (Å²) in [6.45, 7) is 3.69. The third-order valence-corrected chi connectivity index (χ3v) is 11.3. The number of aliphatic hydroxyl groups is 3. The Bertz CT molecular complexity index is 1370. The first-order chi connectivity index (χ1) is 30.0. The van der Waals surface area contributed by atoms with Crippen molar-refractivity contribution in [3.8, 4) is 0 Å². The Kier molecular flexibility index (Phi) is 35.9.